The van der Waals surface area contributed by atoms with Crippen molar-refractivity contribution in [2.45, 2.75) is 44.6 Å². The molecule has 0 bridgehead atoms. The van der Waals surface area contributed by atoms with Gasteiger partial charge in [0.05, 0.1) is 0 Å². The summed E-state index contributed by atoms with van der Waals surface area (Å²) in [5.74, 6) is -2.29. The summed E-state index contributed by atoms with van der Waals surface area (Å²) < 4.78 is 32.0. The number of rotatable bonds is 2. The van der Waals surface area contributed by atoms with Crippen molar-refractivity contribution in [3.8, 4) is 0 Å². The summed E-state index contributed by atoms with van der Waals surface area (Å²) in [5.41, 5.74) is -1.83. The minimum absolute atomic E-state index is 0.0786. The van der Waals surface area contributed by atoms with Crippen LogP contribution in [0.3, 0.4) is 0 Å². The van der Waals surface area contributed by atoms with Gasteiger partial charge < -0.3 is 4.74 Å². The Labute approximate surface area is 115 Å². The molecule has 1 saturated carbocycles. The Morgan fingerprint density at radius 3 is 2.05 bits per heavy atom. The molecule has 0 saturated heterocycles. The molecule has 3 nitrogen and oxygen atoms in total. The molecule has 1 aromatic carbocycles. The van der Waals surface area contributed by atoms with Crippen molar-refractivity contribution in [3.63, 3.8) is 0 Å². The average Bonchev–Trinajstić information content (AvgIpc) is 2.20. The van der Waals surface area contributed by atoms with Crippen molar-refractivity contribution in [2.75, 3.05) is 0 Å². The van der Waals surface area contributed by atoms with E-state index in [0.717, 1.165) is 18.2 Å². The fourth-order valence-corrected chi connectivity index (χ4v) is 2.29. The molecular weight excluding hydrogens is 266 g/mol. The van der Waals surface area contributed by atoms with Gasteiger partial charge in [0.25, 0.3) is 0 Å². The third-order valence-electron chi connectivity index (χ3n) is 3.20. The predicted molar refractivity (Wildman–Crippen MR) is 68.1 cm³/mol. The molecule has 20 heavy (non-hydrogen) atoms. The molecule has 0 atom stereocenters. The second-order valence-electron chi connectivity index (χ2n) is 6.13. The second-order valence-corrected chi connectivity index (χ2v) is 6.13. The number of ketones is 1. The molecular formula is C15H16F2O3. The maximum absolute atomic E-state index is 13.3. The van der Waals surface area contributed by atoms with E-state index in [-0.39, 0.29) is 24.2 Å². The number of hydrogen-bond acceptors (Lipinski definition) is 3. The van der Waals surface area contributed by atoms with Gasteiger partial charge in [0.1, 0.15) is 28.4 Å². The zero-order chi connectivity index (χ0) is 15.1. The molecule has 0 spiro atoms. The molecule has 0 unspecified atom stereocenters. The molecule has 2 rings (SSSR count). The average molecular weight is 282 g/mol. The Hall–Kier alpha value is -1.78. The van der Waals surface area contributed by atoms with Crippen molar-refractivity contribution in [1.29, 1.82) is 0 Å². The van der Waals surface area contributed by atoms with Gasteiger partial charge in [-0.25, -0.2) is 8.78 Å². The van der Waals surface area contributed by atoms with Gasteiger partial charge in [0.2, 0.25) is 0 Å². The molecule has 1 aromatic rings. The number of Topliss-reactive ketones (excluding diaryl/α,β-unsaturated/α-hetero) is 1. The Morgan fingerprint density at radius 2 is 1.65 bits per heavy atom. The molecule has 108 valence electrons. The largest absolute Gasteiger partial charge is 0.459 e. The first kappa shape index (κ1) is 14.6. The van der Waals surface area contributed by atoms with Gasteiger partial charge in [-0.1, -0.05) is 0 Å². The first-order chi connectivity index (χ1) is 9.12. The second kappa shape index (κ2) is 4.65. The van der Waals surface area contributed by atoms with E-state index in [4.69, 9.17) is 4.74 Å². The van der Waals surface area contributed by atoms with Gasteiger partial charge in [-0.15, -0.1) is 0 Å². The summed E-state index contributed by atoms with van der Waals surface area (Å²) in [6.45, 7) is 5.10. The SMILES string of the molecule is CC(C)(C)OC(=O)C1(c2cc(F)cc(F)c2)CC(=O)C1. The number of ether oxygens (including phenoxy) is 1. The van der Waals surface area contributed by atoms with Crippen LogP contribution in [0.15, 0.2) is 18.2 Å². The minimum atomic E-state index is -1.26. The third kappa shape index (κ3) is 2.71. The standard InChI is InChI=1S/C15H16F2O3/c1-14(2,3)20-13(19)15(7-12(18)8-15)9-4-10(16)6-11(17)5-9/h4-6H,7-8H2,1-3H3. The molecule has 0 radical (unpaired) electrons. The number of halogens is 2. The fourth-order valence-electron chi connectivity index (χ4n) is 2.29. The van der Waals surface area contributed by atoms with Crippen LogP contribution in [0.25, 0.3) is 0 Å². The van der Waals surface area contributed by atoms with Crippen molar-refractivity contribution in [3.05, 3.63) is 35.4 Å². The Bertz CT molecular complexity index is 545. The zero-order valence-corrected chi connectivity index (χ0v) is 11.6. The molecule has 0 amide bonds. The third-order valence-corrected chi connectivity index (χ3v) is 3.20. The van der Waals surface area contributed by atoms with Crippen LogP contribution in [-0.4, -0.2) is 17.4 Å². The predicted octanol–water partition coefficient (Wildman–Crippen LogP) is 2.91. The molecule has 1 aliphatic rings. The Balaban J connectivity index is 2.40. The van der Waals surface area contributed by atoms with Crippen LogP contribution in [0.5, 0.6) is 0 Å². The van der Waals surface area contributed by atoms with E-state index in [1.54, 1.807) is 20.8 Å². The number of esters is 1. The topological polar surface area (TPSA) is 43.4 Å². The summed E-state index contributed by atoms with van der Waals surface area (Å²) in [4.78, 5) is 23.6. The number of hydrogen-bond donors (Lipinski definition) is 0. The number of carbonyl (C=O) groups excluding carboxylic acids is 2. The van der Waals surface area contributed by atoms with Gasteiger partial charge in [-0.05, 0) is 38.5 Å². The number of carbonyl (C=O) groups is 2. The van der Waals surface area contributed by atoms with E-state index >= 15 is 0 Å². The zero-order valence-electron chi connectivity index (χ0n) is 11.6. The first-order valence-electron chi connectivity index (χ1n) is 6.34. The van der Waals surface area contributed by atoms with Crippen LogP contribution in [0, 0.1) is 11.6 Å². The summed E-state index contributed by atoms with van der Waals surface area (Å²) in [6, 6.07) is 2.89. The highest BCUT2D eigenvalue weighted by molar-refractivity contribution is 6.02. The molecule has 0 heterocycles. The quantitative estimate of drug-likeness (QED) is 0.783. The lowest BCUT2D eigenvalue weighted by Crippen LogP contribution is -2.51. The van der Waals surface area contributed by atoms with Crippen molar-refractivity contribution in [1.82, 2.24) is 0 Å². The molecule has 1 fully saturated rings. The Kier molecular flexibility index (Phi) is 3.40. The van der Waals surface area contributed by atoms with Crippen molar-refractivity contribution < 1.29 is 23.1 Å². The number of benzene rings is 1. The van der Waals surface area contributed by atoms with Gasteiger partial charge in [0.15, 0.2) is 0 Å². The van der Waals surface area contributed by atoms with Crippen LogP contribution >= 0.6 is 0 Å². The lowest BCUT2D eigenvalue weighted by atomic mass is 9.63. The highest BCUT2D eigenvalue weighted by Crippen LogP contribution is 2.43. The van der Waals surface area contributed by atoms with Crippen LogP contribution in [0.2, 0.25) is 0 Å². The summed E-state index contributed by atoms with van der Waals surface area (Å²) in [7, 11) is 0. The minimum Gasteiger partial charge on any atom is -0.459 e. The fraction of sp³-hybridized carbons (Fsp3) is 0.467. The van der Waals surface area contributed by atoms with Gasteiger partial charge in [-0.2, -0.15) is 0 Å². The van der Waals surface area contributed by atoms with E-state index in [1.807, 2.05) is 0 Å². The van der Waals surface area contributed by atoms with Gasteiger partial charge >= 0.3 is 5.97 Å². The van der Waals surface area contributed by atoms with Crippen LogP contribution in [-0.2, 0) is 19.7 Å². The van der Waals surface area contributed by atoms with Crippen LogP contribution in [0.4, 0.5) is 8.78 Å². The normalized spacial score (nSPS) is 17.6. The van der Waals surface area contributed by atoms with Crippen molar-refractivity contribution >= 4 is 11.8 Å². The lowest BCUT2D eigenvalue weighted by Gasteiger charge is -2.40. The van der Waals surface area contributed by atoms with E-state index in [2.05, 4.69) is 0 Å². The van der Waals surface area contributed by atoms with Crippen LogP contribution < -0.4 is 0 Å². The van der Waals surface area contributed by atoms with Crippen LogP contribution in [0.1, 0.15) is 39.2 Å². The van der Waals surface area contributed by atoms with E-state index < -0.39 is 28.6 Å². The summed E-state index contributed by atoms with van der Waals surface area (Å²) in [5, 5.41) is 0. The van der Waals surface area contributed by atoms with Crippen molar-refractivity contribution in [2.24, 2.45) is 0 Å². The molecule has 1 aliphatic carbocycles. The molecule has 0 aromatic heterocycles. The summed E-state index contributed by atoms with van der Waals surface area (Å²) in [6.07, 6.45) is -0.157. The smallest absolute Gasteiger partial charge is 0.317 e. The highest BCUT2D eigenvalue weighted by atomic mass is 19.1. The molecule has 0 N–H and O–H groups in total. The van der Waals surface area contributed by atoms with Gasteiger partial charge in [-0.3, -0.25) is 9.59 Å². The van der Waals surface area contributed by atoms with Gasteiger partial charge in [0, 0.05) is 18.9 Å². The van der Waals surface area contributed by atoms with E-state index in [9.17, 15) is 18.4 Å². The first-order valence-corrected chi connectivity index (χ1v) is 6.34. The molecule has 5 heteroatoms. The lowest BCUT2D eigenvalue weighted by molar-refractivity contribution is -0.169. The monoisotopic (exact) mass is 282 g/mol. The Morgan fingerprint density at radius 1 is 1.15 bits per heavy atom. The highest BCUT2D eigenvalue weighted by Gasteiger charge is 2.53. The maximum atomic E-state index is 13.3. The van der Waals surface area contributed by atoms with E-state index in [0.29, 0.717) is 0 Å². The summed E-state index contributed by atoms with van der Waals surface area (Å²) >= 11 is 0. The maximum Gasteiger partial charge on any atom is 0.317 e. The molecule has 0 aliphatic heterocycles. The van der Waals surface area contributed by atoms with E-state index in [1.165, 1.54) is 0 Å².